The predicted molar refractivity (Wildman–Crippen MR) is 122 cm³/mol. The second kappa shape index (κ2) is 12.8. The van der Waals surface area contributed by atoms with Crippen LogP contribution in [-0.4, -0.2) is 35.8 Å². The Hall–Kier alpha value is -2.95. The molecule has 1 aliphatic rings. The van der Waals surface area contributed by atoms with Crippen LogP contribution in [-0.2, 0) is 4.74 Å². The number of hydrogen-bond acceptors (Lipinski definition) is 6. The first kappa shape index (κ1) is 25.3. The molecule has 0 aliphatic carbocycles. The smallest absolute Gasteiger partial charge is 0.410 e. The summed E-state index contributed by atoms with van der Waals surface area (Å²) >= 11 is 0. The Bertz CT molecular complexity index is 821. The van der Waals surface area contributed by atoms with Crippen LogP contribution in [0.15, 0.2) is 6.07 Å². The lowest BCUT2D eigenvalue weighted by atomic mass is 9.99. The third-order valence-corrected chi connectivity index (χ3v) is 5.53. The van der Waals surface area contributed by atoms with Crippen molar-refractivity contribution in [3.05, 3.63) is 27.3 Å². The molecule has 176 valence electrons. The van der Waals surface area contributed by atoms with E-state index >= 15 is 0 Å². The predicted octanol–water partition coefficient (Wildman–Crippen LogP) is 5.97. The van der Waals surface area contributed by atoms with Gasteiger partial charge in [-0.15, -0.1) is 6.42 Å². The van der Waals surface area contributed by atoms with Gasteiger partial charge in [0.2, 0.25) is 6.79 Å². The highest BCUT2D eigenvalue weighted by Crippen LogP contribution is 2.45. The van der Waals surface area contributed by atoms with E-state index in [-0.39, 0.29) is 35.1 Å². The normalized spacial score (nSPS) is 12.8. The van der Waals surface area contributed by atoms with Crippen LogP contribution < -0.4 is 9.47 Å². The van der Waals surface area contributed by atoms with Crippen LogP contribution in [0.3, 0.4) is 0 Å². The van der Waals surface area contributed by atoms with Gasteiger partial charge in [0.1, 0.15) is 6.10 Å². The van der Waals surface area contributed by atoms with Gasteiger partial charge in [0.25, 0.3) is 5.69 Å². The number of benzene rings is 1. The largest absolute Gasteiger partial charge is 0.453 e. The fourth-order valence-corrected chi connectivity index (χ4v) is 3.79. The number of terminal acetylenes is 1. The molecule has 0 saturated heterocycles. The van der Waals surface area contributed by atoms with Crippen molar-refractivity contribution in [1.82, 2.24) is 4.90 Å². The molecule has 0 bridgehead atoms. The van der Waals surface area contributed by atoms with Crippen LogP contribution in [0.5, 0.6) is 11.5 Å². The topological polar surface area (TPSA) is 91.1 Å². The molecular formula is C24H34N2O6. The minimum Gasteiger partial charge on any atom is -0.453 e. The highest BCUT2D eigenvalue weighted by Gasteiger charge is 2.33. The molecule has 1 heterocycles. The number of amides is 1. The molecular weight excluding hydrogens is 412 g/mol. The molecule has 1 unspecified atom stereocenters. The third-order valence-electron chi connectivity index (χ3n) is 5.53. The van der Waals surface area contributed by atoms with Gasteiger partial charge in [-0.2, -0.15) is 0 Å². The van der Waals surface area contributed by atoms with E-state index in [1.807, 2.05) is 0 Å². The fourth-order valence-electron chi connectivity index (χ4n) is 3.79. The van der Waals surface area contributed by atoms with Gasteiger partial charge in [-0.3, -0.25) is 10.1 Å². The Balaban J connectivity index is 2.20. The first-order valence-electron chi connectivity index (χ1n) is 11.5. The zero-order valence-electron chi connectivity index (χ0n) is 19.4. The highest BCUT2D eigenvalue weighted by molar-refractivity contribution is 5.70. The SMILES string of the molecule is C#Cc1c2c(cc([N+](=O)[O-])c1C(C)OC(=O)N(CCCCCC)CCCCCC)OCO2. The number of carbonyl (C=O) groups is 1. The molecule has 1 aromatic carbocycles. The van der Waals surface area contributed by atoms with E-state index in [0.717, 1.165) is 51.4 Å². The maximum absolute atomic E-state index is 13.0. The molecule has 0 saturated carbocycles. The summed E-state index contributed by atoms with van der Waals surface area (Å²) in [6, 6.07) is 1.27. The molecule has 0 aromatic heterocycles. The van der Waals surface area contributed by atoms with E-state index in [4.69, 9.17) is 20.6 Å². The molecule has 0 fully saturated rings. The van der Waals surface area contributed by atoms with Gasteiger partial charge in [-0.1, -0.05) is 58.3 Å². The van der Waals surface area contributed by atoms with E-state index in [9.17, 15) is 14.9 Å². The van der Waals surface area contributed by atoms with Crippen LogP contribution in [0, 0.1) is 22.5 Å². The zero-order chi connectivity index (χ0) is 23.5. The molecule has 1 atom stereocenters. The Morgan fingerprint density at radius 2 is 1.81 bits per heavy atom. The molecule has 1 amide bonds. The monoisotopic (exact) mass is 446 g/mol. The van der Waals surface area contributed by atoms with Gasteiger partial charge < -0.3 is 19.1 Å². The lowest BCUT2D eigenvalue weighted by molar-refractivity contribution is -0.386. The number of unbranched alkanes of at least 4 members (excludes halogenated alkanes) is 6. The molecule has 0 spiro atoms. The van der Waals surface area contributed by atoms with Gasteiger partial charge in [0.05, 0.1) is 22.1 Å². The summed E-state index contributed by atoms with van der Waals surface area (Å²) in [7, 11) is 0. The lowest BCUT2D eigenvalue weighted by Crippen LogP contribution is -2.34. The van der Waals surface area contributed by atoms with E-state index in [1.165, 1.54) is 6.07 Å². The van der Waals surface area contributed by atoms with E-state index in [0.29, 0.717) is 13.1 Å². The second-order valence-electron chi connectivity index (χ2n) is 7.95. The summed E-state index contributed by atoms with van der Waals surface area (Å²) in [5.41, 5.74) is 0.0800. The Kier molecular flexibility index (Phi) is 10.1. The van der Waals surface area contributed by atoms with Crippen molar-refractivity contribution in [3.63, 3.8) is 0 Å². The first-order chi connectivity index (χ1) is 15.4. The number of ether oxygens (including phenoxy) is 3. The molecule has 2 rings (SSSR count). The number of nitro benzene ring substituents is 1. The minimum atomic E-state index is -0.919. The molecule has 1 aliphatic heterocycles. The van der Waals surface area contributed by atoms with E-state index < -0.39 is 17.1 Å². The number of carbonyl (C=O) groups excluding carboxylic acids is 1. The molecule has 0 radical (unpaired) electrons. The van der Waals surface area contributed by atoms with Gasteiger partial charge in [0, 0.05) is 13.1 Å². The van der Waals surface area contributed by atoms with Crippen molar-refractivity contribution in [2.24, 2.45) is 0 Å². The zero-order valence-corrected chi connectivity index (χ0v) is 19.4. The number of rotatable bonds is 13. The number of nitro groups is 1. The number of fused-ring (bicyclic) bond motifs is 1. The highest BCUT2D eigenvalue weighted by atomic mass is 16.7. The summed E-state index contributed by atoms with van der Waals surface area (Å²) < 4.78 is 16.4. The molecule has 0 N–H and O–H groups in total. The van der Waals surface area contributed by atoms with Gasteiger partial charge in [-0.05, 0) is 19.8 Å². The summed E-state index contributed by atoms with van der Waals surface area (Å²) in [5, 5.41) is 11.7. The first-order valence-corrected chi connectivity index (χ1v) is 11.5. The average molecular weight is 447 g/mol. The molecule has 8 heteroatoms. The Morgan fingerprint density at radius 1 is 1.19 bits per heavy atom. The Labute approximate surface area is 190 Å². The molecule has 8 nitrogen and oxygen atoms in total. The van der Waals surface area contributed by atoms with Crippen LogP contribution in [0.4, 0.5) is 10.5 Å². The van der Waals surface area contributed by atoms with Crippen molar-refractivity contribution >= 4 is 11.8 Å². The van der Waals surface area contributed by atoms with Crippen LogP contribution in [0.25, 0.3) is 0 Å². The van der Waals surface area contributed by atoms with E-state index in [1.54, 1.807) is 11.8 Å². The fraction of sp³-hybridized carbons (Fsp3) is 0.625. The van der Waals surface area contributed by atoms with Gasteiger partial charge in [-0.25, -0.2) is 4.79 Å². The van der Waals surface area contributed by atoms with Crippen molar-refractivity contribution in [2.45, 2.75) is 78.2 Å². The minimum absolute atomic E-state index is 0.0674. The maximum Gasteiger partial charge on any atom is 0.410 e. The summed E-state index contributed by atoms with van der Waals surface area (Å²) in [5.74, 6) is 2.95. The van der Waals surface area contributed by atoms with Crippen molar-refractivity contribution in [1.29, 1.82) is 0 Å². The quantitative estimate of drug-likeness (QED) is 0.161. The number of nitrogens with zero attached hydrogens (tertiary/aromatic N) is 2. The summed E-state index contributed by atoms with van der Waals surface area (Å²) in [4.78, 5) is 25.9. The standard InChI is InChI=1S/C24H34N2O6/c1-5-8-10-12-14-25(15-13-11-9-6-2)24(27)32-18(4)22-19(7-3)23-21(30-17-31-23)16-20(22)26(28)29/h3,16,18H,5-6,8-15,17H2,1-2,4H3. The van der Waals surface area contributed by atoms with Crippen LogP contribution in [0.2, 0.25) is 0 Å². The Morgan fingerprint density at radius 3 is 2.34 bits per heavy atom. The average Bonchev–Trinajstić information content (AvgIpc) is 3.25. The lowest BCUT2D eigenvalue weighted by Gasteiger charge is -2.25. The van der Waals surface area contributed by atoms with E-state index in [2.05, 4.69) is 19.8 Å². The van der Waals surface area contributed by atoms with Crippen LogP contribution >= 0.6 is 0 Å². The number of hydrogen-bond donors (Lipinski definition) is 0. The van der Waals surface area contributed by atoms with Crippen molar-refractivity contribution in [3.8, 4) is 23.8 Å². The summed E-state index contributed by atoms with van der Waals surface area (Å²) in [6.07, 6.45) is 12.6. The van der Waals surface area contributed by atoms with Crippen molar-refractivity contribution < 1.29 is 23.9 Å². The maximum atomic E-state index is 13.0. The second-order valence-corrected chi connectivity index (χ2v) is 7.95. The van der Waals surface area contributed by atoms with Crippen molar-refractivity contribution in [2.75, 3.05) is 19.9 Å². The molecule has 1 aromatic rings. The summed E-state index contributed by atoms with van der Waals surface area (Å²) in [6.45, 7) is 7.00. The molecule has 32 heavy (non-hydrogen) atoms. The third kappa shape index (κ3) is 6.52. The van der Waals surface area contributed by atoms with Gasteiger partial charge in [0.15, 0.2) is 11.5 Å². The van der Waals surface area contributed by atoms with Crippen LogP contribution in [0.1, 0.15) is 89.4 Å². The van der Waals surface area contributed by atoms with Gasteiger partial charge >= 0.3 is 6.09 Å².